The second-order valence-electron chi connectivity index (χ2n) is 7.64. The zero-order chi connectivity index (χ0) is 19.5. The zero-order valence-electron chi connectivity index (χ0n) is 15.5. The summed E-state index contributed by atoms with van der Waals surface area (Å²) in [7, 11) is 0. The fraction of sp³-hybridized carbons (Fsp3) is 0.120. The third kappa shape index (κ3) is 2.39. The van der Waals surface area contributed by atoms with Crippen molar-refractivity contribution in [2.75, 3.05) is 0 Å². The summed E-state index contributed by atoms with van der Waals surface area (Å²) in [6.07, 6.45) is 8.51. The maximum atomic E-state index is 12.6. The lowest BCUT2D eigenvalue weighted by Crippen LogP contribution is -2.13. The van der Waals surface area contributed by atoms with Gasteiger partial charge in [-0.3, -0.25) is 9.59 Å². The maximum Gasteiger partial charge on any atom is 0.180 e. The molecule has 1 aliphatic heterocycles. The molecule has 2 atom stereocenters. The summed E-state index contributed by atoms with van der Waals surface area (Å²) in [4.78, 5) is 25.3. The van der Waals surface area contributed by atoms with Gasteiger partial charge in [0.1, 0.15) is 0 Å². The van der Waals surface area contributed by atoms with Gasteiger partial charge >= 0.3 is 0 Å². The molecule has 2 unspecified atom stereocenters. The minimum absolute atomic E-state index is 0.0267. The number of benzene rings is 2. The van der Waals surface area contributed by atoms with E-state index in [9.17, 15) is 9.59 Å². The monoisotopic (exact) mass is 395 g/mol. The van der Waals surface area contributed by atoms with Crippen LogP contribution in [0, 0.1) is 5.92 Å². The van der Waals surface area contributed by atoms with Crippen LogP contribution in [0.4, 0.5) is 0 Å². The first kappa shape index (κ1) is 16.8. The quantitative estimate of drug-likeness (QED) is 0.437. The van der Waals surface area contributed by atoms with E-state index in [2.05, 4.69) is 59.2 Å². The number of allylic oxidation sites excluding steroid dienone is 7. The van der Waals surface area contributed by atoms with E-state index < -0.39 is 0 Å². The third-order valence-electron chi connectivity index (χ3n) is 6.00. The highest BCUT2D eigenvalue weighted by Crippen LogP contribution is 2.41. The Bertz CT molecular complexity index is 1300. The Morgan fingerprint density at radius 3 is 2.28 bits per heavy atom. The molecule has 2 aliphatic carbocycles. The number of rotatable bonds is 2. The van der Waals surface area contributed by atoms with E-state index >= 15 is 0 Å². The van der Waals surface area contributed by atoms with E-state index in [1.165, 1.54) is 33.6 Å². The van der Waals surface area contributed by atoms with E-state index in [-0.39, 0.29) is 22.7 Å². The summed E-state index contributed by atoms with van der Waals surface area (Å²) in [6.45, 7) is 0. The molecule has 1 aromatic heterocycles. The minimum atomic E-state index is -0.273. The van der Waals surface area contributed by atoms with Crippen molar-refractivity contribution in [2.45, 2.75) is 11.7 Å². The number of carbonyl (C=O) groups excluding carboxylic acids is 2. The number of carbonyl (C=O) groups is 2. The first-order chi connectivity index (χ1) is 14.2. The number of hydrogen-bond donors (Lipinski definition) is 0. The van der Waals surface area contributed by atoms with Crippen LogP contribution in [0.25, 0.3) is 27.5 Å². The van der Waals surface area contributed by atoms with Gasteiger partial charge in [0.2, 0.25) is 0 Å². The summed E-state index contributed by atoms with van der Waals surface area (Å²) in [5, 5.41) is 4.08. The Balaban J connectivity index is 1.38. The number of Topliss-reactive ketones (excluding diaryl/α,β-unsaturated/α-hetero) is 2. The van der Waals surface area contributed by atoms with Crippen molar-refractivity contribution in [1.29, 1.82) is 0 Å². The van der Waals surface area contributed by atoms with Gasteiger partial charge < -0.3 is 4.57 Å². The molecule has 3 aliphatic rings. The highest BCUT2D eigenvalue weighted by molar-refractivity contribution is 8.03. The van der Waals surface area contributed by atoms with Gasteiger partial charge in [0.15, 0.2) is 11.6 Å². The lowest BCUT2D eigenvalue weighted by atomic mass is 10.0. The van der Waals surface area contributed by atoms with E-state index in [0.717, 1.165) is 11.3 Å². The molecule has 6 rings (SSSR count). The SMILES string of the molecule is O=C1/C(=C\C2=CC=C(n3c4ccccc4c4ccccc43)C2)C(=O)C2SC=CC12. The lowest BCUT2D eigenvalue weighted by molar-refractivity contribution is -0.117. The van der Waals surface area contributed by atoms with Crippen molar-refractivity contribution in [1.82, 2.24) is 4.57 Å². The van der Waals surface area contributed by atoms with Gasteiger partial charge in [-0.15, -0.1) is 11.8 Å². The summed E-state index contributed by atoms with van der Waals surface area (Å²) in [6, 6.07) is 16.8. The van der Waals surface area contributed by atoms with Crippen LogP contribution < -0.4 is 0 Å². The van der Waals surface area contributed by atoms with Crippen LogP contribution in [-0.4, -0.2) is 21.4 Å². The average molecular weight is 395 g/mol. The summed E-state index contributed by atoms with van der Waals surface area (Å²) in [5.74, 6) is -0.334. The molecule has 0 bridgehead atoms. The number of para-hydroxylation sites is 2. The van der Waals surface area contributed by atoms with Crippen molar-refractivity contribution in [3.8, 4) is 0 Å². The van der Waals surface area contributed by atoms with Crippen LogP contribution in [0.5, 0.6) is 0 Å². The highest BCUT2D eigenvalue weighted by Gasteiger charge is 2.46. The molecule has 0 saturated heterocycles. The Labute approximate surface area is 172 Å². The molecular weight excluding hydrogens is 378 g/mol. The predicted molar refractivity (Wildman–Crippen MR) is 119 cm³/mol. The lowest BCUT2D eigenvalue weighted by Gasteiger charge is -2.09. The molecule has 1 saturated carbocycles. The summed E-state index contributed by atoms with van der Waals surface area (Å²) < 4.78 is 2.29. The molecule has 4 heteroatoms. The van der Waals surface area contributed by atoms with Crippen LogP contribution in [0.1, 0.15) is 6.42 Å². The second kappa shape index (κ2) is 6.19. The third-order valence-corrected chi connectivity index (χ3v) is 7.12. The van der Waals surface area contributed by atoms with Crippen molar-refractivity contribution in [3.63, 3.8) is 0 Å². The van der Waals surface area contributed by atoms with Gasteiger partial charge in [-0.25, -0.2) is 0 Å². The van der Waals surface area contributed by atoms with Crippen molar-refractivity contribution >= 4 is 50.8 Å². The van der Waals surface area contributed by atoms with Crippen LogP contribution in [0.15, 0.2) is 89.4 Å². The van der Waals surface area contributed by atoms with Crippen LogP contribution >= 0.6 is 11.8 Å². The first-order valence-electron chi connectivity index (χ1n) is 9.73. The van der Waals surface area contributed by atoms with Gasteiger partial charge in [0.25, 0.3) is 0 Å². The molecule has 3 aromatic rings. The Morgan fingerprint density at radius 2 is 1.59 bits per heavy atom. The van der Waals surface area contributed by atoms with Crippen molar-refractivity contribution < 1.29 is 9.59 Å². The van der Waals surface area contributed by atoms with Crippen LogP contribution in [-0.2, 0) is 9.59 Å². The topological polar surface area (TPSA) is 39.1 Å². The molecule has 29 heavy (non-hydrogen) atoms. The van der Waals surface area contributed by atoms with E-state index in [1.54, 1.807) is 0 Å². The zero-order valence-corrected chi connectivity index (χ0v) is 16.4. The molecular formula is C25H17NO2S. The summed E-state index contributed by atoms with van der Waals surface area (Å²) >= 11 is 1.46. The molecule has 2 heterocycles. The second-order valence-corrected chi connectivity index (χ2v) is 8.70. The Hall–Kier alpha value is -3.11. The Kier molecular flexibility index (Phi) is 3.59. The normalized spacial score (nSPS) is 24.8. The molecule has 0 N–H and O–H groups in total. The number of aromatic nitrogens is 1. The fourth-order valence-corrected chi connectivity index (χ4v) is 5.71. The highest BCUT2D eigenvalue weighted by atomic mass is 32.2. The molecule has 0 spiro atoms. The standard InChI is InChI=1S/C25H17NO2S/c27-23-19-11-12-29-25(19)24(28)20(23)14-15-9-10-16(13-15)26-21-7-3-1-5-17(21)18-6-2-4-8-22(18)26/h1-12,14,19,25H,13H2/b20-14+. The summed E-state index contributed by atoms with van der Waals surface area (Å²) in [5.41, 5.74) is 4.87. The molecule has 140 valence electrons. The largest absolute Gasteiger partial charge is 0.313 e. The first-order valence-corrected chi connectivity index (χ1v) is 10.7. The minimum Gasteiger partial charge on any atom is -0.313 e. The van der Waals surface area contributed by atoms with Crippen molar-refractivity contribution in [3.05, 3.63) is 89.4 Å². The van der Waals surface area contributed by atoms with E-state index in [0.29, 0.717) is 12.0 Å². The molecule has 1 fully saturated rings. The van der Waals surface area contributed by atoms with Crippen molar-refractivity contribution in [2.24, 2.45) is 5.92 Å². The molecule has 2 aromatic carbocycles. The van der Waals surface area contributed by atoms with Gasteiger partial charge in [-0.2, -0.15) is 0 Å². The maximum absolute atomic E-state index is 12.6. The number of hydrogen-bond acceptors (Lipinski definition) is 3. The van der Waals surface area contributed by atoms with Gasteiger partial charge in [0.05, 0.1) is 27.8 Å². The molecule has 0 amide bonds. The smallest absolute Gasteiger partial charge is 0.180 e. The number of nitrogens with zero attached hydrogens (tertiary/aromatic N) is 1. The number of thioether (sulfide) groups is 1. The van der Waals surface area contributed by atoms with Gasteiger partial charge in [0, 0.05) is 22.9 Å². The Morgan fingerprint density at radius 1 is 0.897 bits per heavy atom. The average Bonchev–Trinajstić information content (AvgIpc) is 3.50. The fourth-order valence-electron chi connectivity index (χ4n) is 4.65. The number of ketones is 2. The van der Waals surface area contributed by atoms with Gasteiger partial charge in [-0.05, 0) is 35.3 Å². The van der Waals surface area contributed by atoms with E-state index in [4.69, 9.17) is 0 Å². The molecule has 0 radical (unpaired) electrons. The molecule has 3 nitrogen and oxygen atoms in total. The number of fused-ring (bicyclic) bond motifs is 4. The van der Waals surface area contributed by atoms with Crippen LogP contribution in [0.2, 0.25) is 0 Å². The van der Waals surface area contributed by atoms with E-state index in [1.807, 2.05) is 23.6 Å². The van der Waals surface area contributed by atoms with Crippen LogP contribution in [0.3, 0.4) is 0 Å². The van der Waals surface area contributed by atoms with Gasteiger partial charge in [-0.1, -0.05) is 48.6 Å². The predicted octanol–water partition coefficient (Wildman–Crippen LogP) is 5.29.